The van der Waals surface area contributed by atoms with Crippen molar-refractivity contribution in [3.8, 4) is 5.75 Å². The molecule has 10 heteroatoms. The fourth-order valence-corrected chi connectivity index (χ4v) is 3.34. The highest BCUT2D eigenvalue weighted by molar-refractivity contribution is 6.54. The van der Waals surface area contributed by atoms with E-state index in [9.17, 15) is 9.90 Å². The first-order chi connectivity index (χ1) is 16.1. The second-order valence-electron chi connectivity index (χ2n) is 7.45. The summed E-state index contributed by atoms with van der Waals surface area (Å²) < 4.78 is 6.60. The van der Waals surface area contributed by atoms with Gasteiger partial charge in [-0.15, -0.1) is 10.2 Å². The monoisotopic (exact) mass is 447 g/mol. The van der Waals surface area contributed by atoms with Gasteiger partial charge in [-0.05, 0) is 37.6 Å². The summed E-state index contributed by atoms with van der Waals surface area (Å²) in [5.41, 5.74) is 2.72. The average Bonchev–Trinajstić information content (AvgIpc) is 3.39. The molecule has 33 heavy (non-hydrogen) atoms. The van der Waals surface area contributed by atoms with Crippen LogP contribution < -0.4 is 10.6 Å². The Balaban J connectivity index is 1.62. The fourth-order valence-electron chi connectivity index (χ4n) is 3.34. The molecule has 2 amide bonds. The van der Waals surface area contributed by atoms with Crippen molar-refractivity contribution >= 4 is 23.1 Å². The first kappa shape index (κ1) is 22.2. The van der Waals surface area contributed by atoms with Gasteiger partial charge in [-0.3, -0.25) is 0 Å². The van der Waals surface area contributed by atoms with E-state index in [4.69, 9.17) is 14.8 Å². The molecule has 3 N–H and O–H groups in total. The lowest BCUT2D eigenvalue weighted by atomic mass is 10.1. The highest BCUT2D eigenvalue weighted by Crippen LogP contribution is 2.24. The van der Waals surface area contributed by atoms with Crippen LogP contribution in [0.5, 0.6) is 5.75 Å². The number of aromatic nitrogens is 3. The number of nitrogens with one attached hydrogen (secondary N) is 2. The maximum Gasteiger partial charge on any atom is 0.315 e. The van der Waals surface area contributed by atoms with Crippen molar-refractivity contribution < 1.29 is 14.6 Å². The number of rotatable bonds is 8. The summed E-state index contributed by atoms with van der Waals surface area (Å²) in [4.78, 5) is 17.0. The number of aromatic hydroxyl groups is 1. The van der Waals surface area contributed by atoms with Crippen LogP contribution in [0.1, 0.15) is 36.6 Å². The number of benzene rings is 2. The van der Waals surface area contributed by atoms with Crippen molar-refractivity contribution in [2.75, 3.05) is 20.3 Å². The van der Waals surface area contributed by atoms with Crippen LogP contribution in [-0.2, 0) is 4.74 Å². The van der Waals surface area contributed by atoms with Gasteiger partial charge in [-0.2, -0.15) is 9.78 Å². The van der Waals surface area contributed by atoms with Gasteiger partial charge in [-0.1, -0.05) is 30.3 Å². The van der Waals surface area contributed by atoms with E-state index in [0.717, 1.165) is 12.0 Å². The molecular weight excluding hydrogens is 422 g/mol. The minimum absolute atomic E-state index is 0.160. The molecule has 3 aromatic rings. The van der Waals surface area contributed by atoms with Gasteiger partial charge in [0.25, 0.3) is 0 Å². The number of carbonyl (C=O) groups excluding carboxylic acids is 1. The number of ether oxygens (including phenoxy) is 1. The second kappa shape index (κ2) is 10.0. The number of aliphatic imine (C=N–C) groups is 1. The lowest BCUT2D eigenvalue weighted by Crippen LogP contribution is -2.38. The molecule has 2 aromatic carbocycles. The van der Waals surface area contributed by atoms with E-state index >= 15 is 0 Å². The standard InChI is InChI=1S/C23H25N7O3/c1-15(25-23(32)24-13-6-14-33-2)21-27-28-22-20(26-17-9-11-18(31)12-10-17)19(29-30(21)22)16-7-4-3-5-8-16/h3-5,7-12,15,31H,6,13-14H2,1-2H3,(H2,24,25,32). The molecule has 1 aliphatic heterocycles. The zero-order chi connectivity index (χ0) is 23.2. The summed E-state index contributed by atoms with van der Waals surface area (Å²) in [5, 5.41) is 28.5. The van der Waals surface area contributed by atoms with E-state index in [0.29, 0.717) is 41.9 Å². The molecule has 1 aromatic heterocycles. The number of fused-ring (bicyclic) bond motifs is 1. The fraction of sp³-hybridized carbons (Fsp3) is 0.261. The first-order valence-electron chi connectivity index (χ1n) is 10.6. The number of hydrogen-bond acceptors (Lipinski definition) is 7. The van der Waals surface area contributed by atoms with Crippen LogP contribution in [-0.4, -0.2) is 57.7 Å². The van der Waals surface area contributed by atoms with Crippen molar-refractivity contribution in [3.05, 3.63) is 71.8 Å². The highest BCUT2D eigenvalue weighted by atomic mass is 16.5. The third kappa shape index (κ3) is 5.07. The van der Waals surface area contributed by atoms with E-state index in [1.807, 2.05) is 37.3 Å². The van der Waals surface area contributed by atoms with Crippen molar-refractivity contribution in [1.29, 1.82) is 0 Å². The molecule has 0 fully saturated rings. The predicted octanol–water partition coefficient (Wildman–Crippen LogP) is 2.77. The molecule has 1 unspecified atom stereocenters. The largest absolute Gasteiger partial charge is 0.508 e. The van der Waals surface area contributed by atoms with Crippen LogP contribution in [0.2, 0.25) is 0 Å². The van der Waals surface area contributed by atoms with Crippen LogP contribution >= 0.6 is 0 Å². The Labute approximate surface area is 191 Å². The molecule has 0 aliphatic carbocycles. The Morgan fingerprint density at radius 1 is 1.15 bits per heavy atom. The molecule has 0 bridgehead atoms. The quantitative estimate of drug-likeness (QED) is 0.458. The van der Waals surface area contributed by atoms with Crippen LogP contribution in [0.3, 0.4) is 0 Å². The Bertz CT molecular complexity index is 1170. The molecule has 0 radical (unpaired) electrons. The van der Waals surface area contributed by atoms with Gasteiger partial charge >= 0.3 is 6.03 Å². The summed E-state index contributed by atoms with van der Waals surface area (Å²) in [6.45, 7) is 2.90. The Morgan fingerprint density at radius 2 is 1.91 bits per heavy atom. The summed E-state index contributed by atoms with van der Waals surface area (Å²) in [6, 6.07) is 15.5. The van der Waals surface area contributed by atoms with Crippen molar-refractivity contribution in [3.63, 3.8) is 0 Å². The molecule has 10 nitrogen and oxygen atoms in total. The lowest BCUT2D eigenvalue weighted by Gasteiger charge is -2.13. The van der Waals surface area contributed by atoms with Crippen LogP contribution in [0.25, 0.3) is 0 Å². The lowest BCUT2D eigenvalue weighted by molar-refractivity contribution is 0.193. The number of nitrogens with zero attached hydrogens (tertiary/aromatic N) is 5. The van der Waals surface area contributed by atoms with E-state index in [1.54, 1.807) is 36.1 Å². The molecule has 170 valence electrons. The second-order valence-corrected chi connectivity index (χ2v) is 7.45. The van der Waals surface area contributed by atoms with Gasteiger partial charge in [0, 0.05) is 25.8 Å². The zero-order valence-electron chi connectivity index (χ0n) is 18.4. The molecular formula is C23H25N7O3. The van der Waals surface area contributed by atoms with E-state index < -0.39 is 6.04 Å². The third-order valence-electron chi connectivity index (χ3n) is 4.98. The summed E-state index contributed by atoms with van der Waals surface area (Å²) in [5.74, 6) is 1.13. The summed E-state index contributed by atoms with van der Waals surface area (Å²) in [7, 11) is 1.62. The van der Waals surface area contributed by atoms with Crippen LogP contribution in [0.4, 0.5) is 10.5 Å². The SMILES string of the molecule is COCCCNC(=O)NC(C)c1nnc2n1N=C(c1ccccc1)C2=Nc1ccc(O)cc1. The van der Waals surface area contributed by atoms with Crippen molar-refractivity contribution in [2.45, 2.75) is 19.4 Å². The maximum atomic E-state index is 12.2. The highest BCUT2D eigenvalue weighted by Gasteiger charge is 2.31. The van der Waals surface area contributed by atoms with Crippen LogP contribution in [0, 0.1) is 0 Å². The number of phenolic OH excluding ortho intramolecular Hbond substituents is 1. The molecule has 1 aliphatic rings. The van der Waals surface area contributed by atoms with Crippen molar-refractivity contribution in [2.24, 2.45) is 10.1 Å². The van der Waals surface area contributed by atoms with Gasteiger partial charge in [0.2, 0.25) is 5.82 Å². The summed E-state index contributed by atoms with van der Waals surface area (Å²) in [6.07, 6.45) is 0.723. The van der Waals surface area contributed by atoms with E-state index in [-0.39, 0.29) is 11.8 Å². The number of carbonyl (C=O) groups is 1. The molecule has 4 rings (SSSR count). The minimum atomic E-state index is -0.442. The maximum absolute atomic E-state index is 12.2. The number of amides is 2. The van der Waals surface area contributed by atoms with Crippen molar-refractivity contribution in [1.82, 2.24) is 25.5 Å². The smallest absolute Gasteiger partial charge is 0.315 e. The average molecular weight is 447 g/mol. The van der Waals surface area contributed by atoms with Gasteiger partial charge in [-0.25, -0.2) is 9.79 Å². The minimum Gasteiger partial charge on any atom is -0.508 e. The Morgan fingerprint density at radius 3 is 2.64 bits per heavy atom. The molecule has 0 saturated carbocycles. The molecule has 2 heterocycles. The summed E-state index contributed by atoms with van der Waals surface area (Å²) >= 11 is 0. The predicted molar refractivity (Wildman–Crippen MR) is 124 cm³/mol. The molecule has 1 atom stereocenters. The topological polar surface area (TPSA) is 126 Å². The number of hydrogen-bond donors (Lipinski definition) is 3. The Kier molecular flexibility index (Phi) is 6.75. The molecule has 0 saturated heterocycles. The number of phenols is 1. The van der Waals surface area contributed by atoms with Gasteiger partial charge in [0.15, 0.2) is 5.82 Å². The number of urea groups is 1. The third-order valence-corrected chi connectivity index (χ3v) is 4.98. The number of methoxy groups -OCH3 is 1. The molecule has 0 spiro atoms. The van der Waals surface area contributed by atoms with Gasteiger partial charge in [0.1, 0.15) is 17.2 Å². The van der Waals surface area contributed by atoms with Crippen LogP contribution in [0.15, 0.2) is 64.7 Å². The first-order valence-corrected chi connectivity index (χ1v) is 10.6. The van der Waals surface area contributed by atoms with Gasteiger partial charge in [0.05, 0.1) is 11.7 Å². The zero-order valence-corrected chi connectivity index (χ0v) is 18.4. The van der Waals surface area contributed by atoms with Gasteiger partial charge < -0.3 is 20.5 Å². The van der Waals surface area contributed by atoms with E-state index in [1.165, 1.54) is 0 Å². The Hall–Kier alpha value is -4.05. The normalized spacial score (nSPS) is 14.6. The van der Waals surface area contributed by atoms with E-state index in [2.05, 4.69) is 20.8 Å².